The van der Waals surface area contributed by atoms with Gasteiger partial charge in [0.1, 0.15) is 11.6 Å². The van der Waals surface area contributed by atoms with Gasteiger partial charge in [-0.15, -0.1) is 0 Å². The van der Waals surface area contributed by atoms with Crippen molar-refractivity contribution >= 4 is 10.8 Å². The van der Waals surface area contributed by atoms with E-state index in [-0.39, 0.29) is 18.7 Å². The second-order valence-electron chi connectivity index (χ2n) is 8.70. The van der Waals surface area contributed by atoms with E-state index >= 15 is 4.39 Å². The Labute approximate surface area is 210 Å². The van der Waals surface area contributed by atoms with E-state index in [1.807, 2.05) is 6.07 Å². The third-order valence-corrected chi connectivity index (χ3v) is 6.04. The molecule has 2 nitrogen and oxygen atoms in total. The number of aryl methyl sites for hydroxylation is 2. The average molecular weight is 518 g/mol. The molecular weight excluding hydrogens is 494 g/mol. The molecule has 4 rings (SSSR count). The smallest absolute Gasteiger partial charge is 0.422 e. The van der Waals surface area contributed by atoms with Crippen LogP contribution >= 0.6 is 0 Å². The van der Waals surface area contributed by atoms with Crippen molar-refractivity contribution in [3.8, 4) is 16.9 Å². The molecule has 4 aromatic rings. The summed E-state index contributed by atoms with van der Waals surface area (Å²) in [7, 11) is 1.59. The van der Waals surface area contributed by atoms with Crippen molar-refractivity contribution in [3.63, 3.8) is 0 Å². The lowest BCUT2D eigenvalue weighted by molar-refractivity contribution is -0.153. The topological polar surface area (TPSA) is 18.5 Å². The first-order valence-corrected chi connectivity index (χ1v) is 11.6. The molecule has 0 bridgehead atoms. The van der Waals surface area contributed by atoms with Gasteiger partial charge in [-0.1, -0.05) is 42.5 Å². The molecule has 0 spiro atoms. The molecule has 0 fully saturated rings. The minimum absolute atomic E-state index is 0.253. The van der Waals surface area contributed by atoms with Crippen LogP contribution in [0.3, 0.4) is 0 Å². The van der Waals surface area contributed by atoms with E-state index in [4.69, 9.17) is 4.74 Å². The zero-order valence-electron chi connectivity index (χ0n) is 20.0. The van der Waals surface area contributed by atoms with Gasteiger partial charge in [0.05, 0.1) is 6.61 Å². The second-order valence-corrected chi connectivity index (χ2v) is 8.70. The SMILES string of the molecule is COCCc1ccc(-c2ccc3c(F)c(CCc4ccc(OCC(F)(F)F)c(F)c4)ccc3c2)c(F)c1. The largest absolute Gasteiger partial charge is 0.481 e. The molecule has 0 aliphatic heterocycles. The third-order valence-electron chi connectivity index (χ3n) is 6.04. The fraction of sp³-hybridized carbons (Fsp3) is 0.241. The summed E-state index contributed by atoms with van der Waals surface area (Å²) in [4.78, 5) is 0. The Morgan fingerprint density at radius 2 is 1.46 bits per heavy atom. The molecule has 0 saturated carbocycles. The predicted octanol–water partition coefficient (Wildman–Crippen LogP) is 7.84. The summed E-state index contributed by atoms with van der Waals surface area (Å²) >= 11 is 0. The molecule has 0 radical (unpaired) electrons. The van der Waals surface area contributed by atoms with Gasteiger partial charge in [0.25, 0.3) is 0 Å². The number of methoxy groups -OCH3 is 1. The van der Waals surface area contributed by atoms with Crippen LogP contribution < -0.4 is 4.74 Å². The minimum atomic E-state index is -4.57. The van der Waals surface area contributed by atoms with Crippen LogP contribution in [0.25, 0.3) is 21.9 Å². The van der Waals surface area contributed by atoms with Crippen LogP contribution in [-0.4, -0.2) is 26.5 Å². The van der Waals surface area contributed by atoms with E-state index in [9.17, 15) is 22.0 Å². The van der Waals surface area contributed by atoms with Crippen molar-refractivity contribution in [2.75, 3.05) is 20.3 Å². The van der Waals surface area contributed by atoms with E-state index in [1.165, 1.54) is 12.1 Å². The quantitative estimate of drug-likeness (QED) is 0.210. The van der Waals surface area contributed by atoms with E-state index < -0.39 is 30.2 Å². The molecule has 0 aliphatic rings. The number of hydrogen-bond donors (Lipinski definition) is 0. The highest BCUT2D eigenvalue weighted by Crippen LogP contribution is 2.30. The lowest BCUT2D eigenvalue weighted by Gasteiger charge is -2.12. The van der Waals surface area contributed by atoms with Crippen molar-refractivity contribution in [2.24, 2.45) is 0 Å². The third kappa shape index (κ3) is 6.63. The Morgan fingerprint density at radius 1 is 0.730 bits per heavy atom. The summed E-state index contributed by atoms with van der Waals surface area (Å²) in [6.07, 6.45) is -3.44. The minimum Gasteiger partial charge on any atom is -0.481 e. The number of benzene rings is 4. The molecule has 0 aromatic heterocycles. The Hall–Kier alpha value is -3.52. The summed E-state index contributed by atoms with van der Waals surface area (Å²) in [5.41, 5.74) is 2.77. The Kier molecular flexibility index (Phi) is 8.07. The molecule has 0 atom stereocenters. The molecule has 0 heterocycles. The van der Waals surface area contributed by atoms with Crippen molar-refractivity contribution in [1.82, 2.24) is 0 Å². The van der Waals surface area contributed by atoms with Gasteiger partial charge in [-0.2, -0.15) is 13.2 Å². The number of halogens is 6. The van der Waals surface area contributed by atoms with Crippen molar-refractivity contribution in [2.45, 2.75) is 25.4 Å². The normalized spacial score (nSPS) is 11.8. The monoisotopic (exact) mass is 518 g/mol. The summed E-state index contributed by atoms with van der Waals surface area (Å²) < 4.78 is 90.4. The lowest BCUT2D eigenvalue weighted by Crippen LogP contribution is -2.19. The summed E-state index contributed by atoms with van der Waals surface area (Å²) in [6.45, 7) is -1.09. The van der Waals surface area contributed by atoms with E-state index in [2.05, 4.69) is 4.74 Å². The van der Waals surface area contributed by atoms with Gasteiger partial charge < -0.3 is 9.47 Å². The highest BCUT2D eigenvalue weighted by Gasteiger charge is 2.29. The first kappa shape index (κ1) is 26.5. The fourth-order valence-corrected chi connectivity index (χ4v) is 4.12. The Bertz CT molecular complexity index is 1400. The van der Waals surface area contributed by atoms with Crippen LogP contribution in [0.2, 0.25) is 0 Å². The number of alkyl halides is 3. The number of fused-ring (bicyclic) bond motifs is 1. The maximum atomic E-state index is 15.2. The van der Waals surface area contributed by atoms with Crippen molar-refractivity contribution in [3.05, 3.63) is 101 Å². The van der Waals surface area contributed by atoms with Crippen LogP contribution in [-0.2, 0) is 24.0 Å². The highest BCUT2D eigenvalue weighted by atomic mass is 19.4. The molecule has 0 unspecified atom stereocenters. The first-order valence-electron chi connectivity index (χ1n) is 11.6. The number of rotatable bonds is 9. The zero-order valence-corrected chi connectivity index (χ0v) is 20.0. The summed E-state index contributed by atoms with van der Waals surface area (Å²) in [5.74, 6) is -2.20. The van der Waals surface area contributed by atoms with E-state index in [0.717, 1.165) is 17.7 Å². The molecular formula is C29H24F6O2. The van der Waals surface area contributed by atoms with Gasteiger partial charge in [-0.25, -0.2) is 13.2 Å². The number of ether oxygens (including phenoxy) is 2. The second kappa shape index (κ2) is 11.3. The van der Waals surface area contributed by atoms with Crippen LogP contribution in [0.4, 0.5) is 26.3 Å². The summed E-state index contributed by atoms with van der Waals surface area (Å²) in [5, 5.41) is 0.985. The molecule has 37 heavy (non-hydrogen) atoms. The highest BCUT2D eigenvalue weighted by molar-refractivity contribution is 5.88. The van der Waals surface area contributed by atoms with Gasteiger partial charge in [-0.3, -0.25) is 0 Å². The molecule has 194 valence electrons. The Morgan fingerprint density at radius 3 is 2.16 bits per heavy atom. The lowest BCUT2D eigenvalue weighted by atomic mass is 9.96. The molecule has 0 amide bonds. The predicted molar refractivity (Wildman–Crippen MR) is 130 cm³/mol. The Balaban J connectivity index is 1.48. The summed E-state index contributed by atoms with van der Waals surface area (Å²) in [6, 6.07) is 17.1. The van der Waals surface area contributed by atoms with Crippen LogP contribution in [0.5, 0.6) is 5.75 Å². The van der Waals surface area contributed by atoms with E-state index in [1.54, 1.807) is 43.5 Å². The van der Waals surface area contributed by atoms with Gasteiger partial charge in [0.2, 0.25) is 0 Å². The maximum absolute atomic E-state index is 15.2. The van der Waals surface area contributed by atoms with E-state index in [0.29, 0.717) is 46.1 Å². The van der Waals surface area contributed by atoms with Gasteiger partial charge >= 0.3 is 6.18 Å². The standard InChI is InChI=1S/C29H24F6O2/c1-36-13-12-19-3-9-23(25(30)14-19)21-8-10-24-22(16-21)7-6-20(28(24)32)5-2-18-4-11-27(26(31)15-18)37-17-29(33,34)35/h3-4,6-11,14-16H,2,5,12-13,17H2,1H3. The van der Waals surface area contributed by atoms with Crippen LogP contribution in [0, 0.1) is 17.5 Å². The molecule has 0 saturated heterocycles. The van der Waals surface area contributed by atoms with Gasteiger partial charge in [0, 0.05) is 18.1 Å². The van der Waals surface area contributed by atoms with Crippen LogP contribution in [0.1, 0.15) is 16.7 Å². The van der Waals surface area contributed by atoms with Crippen LogP contribution in [0.15, 0.2) is 66.7 Å². The first-order chi connectivity index (χ1) is 17.6. The molecule has 8 heteroatoms. The van der Waals surface area contributed by atoms with Gasteiger partial charge in [-0.05, 0) is 71.2 Å². The maximum Gasteiger partial charge on any atom is 0.422 e. The van der Waals surface area contributed by atoms with Gasteiger partial charge in [0.15, 0.2) is 18.2 Å². The molecule has 4 aromatic carbocycles. The molecule has 0 aliphatic carbocycles. The number of hydrogen-bond acceptors (Lipinski definition) is 2. The fourth-order valence-electron chi connectivity index (χ4n) is 4.12. The molecule has 0 N–H and O–H groups in total. The van der Waals surface area contributed by atoms with Crippen molar-refractivity contribution < 1.29 is 35.8 Å². The zero-order chi connectivity index (χ0) is 26.6. The average Bonchev–Trinajstić information content (AvgIpc) is 2.86. The van der Waals surface area contributed by atoms with Crippen molar-refractivity contribution in [1.29, 1.82) is 0 Å².